The van der Waals surface area contributed by atoms with Gasteiger partial charge in [-0.15, -0.1) is 0 Å². The molecule has 0 unspecified atom stereocenters. The van der Waals surface area contributed by atoms with Gasteiger partial charge in [0.05, 0.1) is 44.5 Å². The number of benzene rings is 4. The summed E-state index contributed by atoms with van der Waals surface area (Å²) < 4.78 is 341. The maximum Gasteiger partial charge on any atom is 0.416 e. The van der Waals surface area contributed by atoms with Crippen LogP contribution in [0.1, 0.15) is 70.2 Å². The van der Waals surface area contributed by atoms with Crippen molar-refractivity contribution in [2.75, 3.05) is 0 Å². The van der Waals surface area contributed by atoms with Crippen LogP contribution in [0.4, 0.5) is 105 Å². The van der Waals surface area contributed by atoms with Crippen LogP contribution in [0.3, 0.4) is 0 Å². The van der Waals surface area contributed by atoms with E-state index in [0.717, 1.165) is 0 Å². The number of hydrogen-bond donors (Lipinski definition) is 0. The standard InChI is InChI=1S/C32H12BF24.C8H12.C3H5.Ni/c34-25(35,36)13-1-14(26(37,38)39)6-21(5-13)33(22-7-15(27(40,41)42)2-16(8-22)28(43,44)45,23-9-17(29(46,47)48)3-18(10-23)30(49,50)51)24-11-19(31(52,53)54)4-20(12-24)32(55,56)57;1-2-4-6-8-7-5-3-1;1-3-2;/h1-12H;1-2,7-8H,3-6H2;3H,1-2H2;/q-1;;;. The molecule has 1 aliphatic rings. The van der Waals surface area contributed by atoms with E-state index >= 15 is 0 Å². The number of halogens is 24. The average molecular weight is 1070 g/mol. The van der Waals surface area contributed by atoms with Crippen molar-refractivity contribution in [2.24, 2.45) is 0 Å². The van der Waals surface area contributed by atoms with Crippen molar-refractivity contribution in [3.05, 3.63) is 163 Å². The van der Waals surface area contributed by atoms with E-state index in [-0.39, 0.29) is 16.5 Å². The van der Waals surface area contributed by atoms with Gasteiger partial charge in [0.25, 0.3) is 0 Å². The second-order valence-electron chi connectivity index (χ2n) is 14.6. The Labute approximate surface area is 387 Å². The Morgan fingerprint density at radius 2 is 0.391 bits per heavy atom. The molecule has 7 radical (unpaired) electrons. The third-order valence-corrected chi connectivity index (χ3v) is 9.77. The first kappa shape index (κ1) is 60.9. The molecule has 0 saturated heterocycles. The van der Waals surface area contributed by atoms with E-state index in [1.165, 1.54) is 32.1 Å². The predicted octanol–water partition coefficient (Wildman–Crippen LogP) is 14.4. The van der Waals surface area contributed by atoms with Crippen LogP contribution < -0.4 is 21.9 Å². The molecular weight excluding hydrogens is 1040 g/mol. The first-order valence-electron chi connectivity index (χ1n) is 18.7. The molecule has 5 rings (SSSR count). The van der Waals surface area contributed by atoms with Crippen LogP contribution in [0.25, 0.3) is 0 Å². The van der Waals surface area contributed by atoms with Crippen molar-refractivity contribution in [1.29, 1.82) is 0 Å². The van der Waals surface area contributed by atoms with Gasteiger partial charge in [-0.3, -0.25) is 0 Å². The molecule has 26 heteroatoms. The molecule has 69 heavy (non-hydrogen) atoms. The molecule has 0 atom stereocenters. The van der Waals surface area contributed by atoms with Crippen LogP contribution in [0.15, 0.2) is 72.8 Å². The fraction of sp³-hybridized carbons (Fsp3) is 0.279. The molecule has 0 nitrogen and oxygen atoms in total. The van der Waals surface area contributed by atoms with Crippen molar-refractivity contribution in [3.8, 4) is 0 Å². The van der Waals surface area contributed by atoms with E-state index in [1.54, 1.807) is 0 Å². The van der Waals surface area contributed by atoms with Gasteiger partial charge in [-0.25, -0.2) is 0 Å². The molecule has 0 heterocycles. The molecule has 4 aromatic carbocycles. The van der Waals surface area contributed by atoms with E-state index in [2.05, 4.69) is 39.5 Å². The summed E-state index contributed by atoms with van der Waals surface area (Å²) in [4.78, 5) is 0. The van der Waals surface area contributed by atoms with Crippen LogP contribution in [0, 0.1) is 46.0 Å². The Morgan fingerprint density at radius 1 is 0.275 bits per heavy atom. The van der Waals surface area contributed by atoms with E-state index in [4.69, 9.17) is 0 Å². The third kappa shape index (κ3) is 15.9. The molecule has 1 aliphatic carbocycles. The summed E-state index contributed by atoms with van der Waals surface area (Å²) in [6.45, 7) is 6.50. The summed E-state index contributed by atoms with van der Waals surface area (Å²) in [7, 11) is 0. The van der Waals surface area contributed by atoms with Crippen LogP contribution in [0.5, 0.6) is 0 Å². The molecule has 0 aromatic heterocycles. The zero-order chi connectivity index (χ0) is 52.3. The summed E-state index contributed by atoms with van der Waals surface area (Å²) >= 11 is 0. The van der Waals surface area contributed by atoms with Crippen LogP contribution >= 0.6 is 0 Å². The topological polar surface area (TPSA) is 0 Å². The molecule has 0 bridgehead atoms. The van der Waals surface area contributed by atoms with Crippen LogP contribution in [0.2, 0.25) is 0 Å². The van der Waals surface area contributed by atoms with E-state index in [9.17, 15) is 105 Å². The minimum atomic E-state index is -6.13. The Hall–Kier alpha value is -4.24. The summed E-state index contributed by atoms with van der Waals surface area (Å²) in [5.41, 5.74) is -30.2. The minimum absolute atomic E-state index is 0. The summed E-state index contributed by atoms with van der Waals surface area (Å²) in [6, 6.07) is -8.81. The van der Waals surface area contributed by atoms with Gasteiger partial charge in [-0.2, -0.15) is 127 Å². The molecule has 0 spiro atoms. The Balaban J connectivity index is 0.00000120. The molecule has 4 aromatic rings. The van der Waals surface area contributed by atoms with E-state index < -0.39 is 195 Å². The van der Waals surface area contributed by atoms with Gasteiger partial charge in [0.15, 0.2) is 0 Å². The molecule has 1 saturated carbocycles. The van der Waals surface area contributed by atoms with Gasteiger partial charge in [0.1, 0.15) is 6.15 Å². The van der Waals surface area contributed by atoms with Crippen molar-refractivity contribution in [3.63, 3.8) is 0 Å². The van der Waals surface area contributed by atoms with E-state index in [0.29, 0.717) is 0 Å². The predicted molar refractivity (Wildman–Crippen MR) is 201 cm³/mol. The van der Waals surface area contributed by atoms with Gasteiger partial charge < -0.3 is 0 Å². The maximum absolute atomic E-state index is 14.2. The Morgan fingerprint density at radius 3 is 0.493 bits per heavy atom. The van der Waals surface area contributed by atoms with Gasteiger partial charge in [0.2, 0.25) is 0 Å². The molecule has 1 fully saturated rings. The monoisotopic (exact) mass is 1070 g/mol. The molecule has 383 valence electrons. The fourth-order valence-corrected chi connectivity index (χ4v) is 6.93. The summed E-state index contributed by atoms with van der Waals surface area (Å²) in [5.74, 6) is 0. The first-order chi connectivity index (χ1) is 30.7. The number of rotatable bonds is 4. The first-order valence-corrected chi connectivity index (χ1v) is 18.7. The van der Waals surface area contributed by atoms with Gasteiger partial charge in [-0.1, -0.05) is 48.5 Å². The quantitative estimate of drug-likeness (QED) is 0.141. The average Bonchev–Trinajstić information content (AvgIpc) is 3.15. The van der Waals surface area contributed by atoms with Crippen molar-refractivity contribution in [2.45, 2.75) is 75.1 Å². The van der Waals surface area contributed by atoms with Crippen molar-refractivity contribution < 1.29 is 122 Å². The fourth-order valence-electron chi connectivity index (χ4n) is 6.93. The van der Waals surface area contributed by atoms with Gasteiger partial charge in [0, 0.05) is 16.5 Å². The minimum Gasteiger partial charge on any atom is -0.194 e. The van der Waals surface area contributed by atoms with Gasteiger partial charge in [-0.05, 0) is 95.9 Å². The van der Waals surface area contributed by atoms with Crippen LogP contribution in [-0.2, 0) is 65.9 Å². The van der Waals surface area contributed by atoms with E-state index in [1.807, 2.05) is 0 Å². The smallest absolute Gasteiger partial charge is 0.194 e. The van der Waals surface area contributed by atoms with Crippen molar-refractivity contribution >= 4 is 28.0 Å². The number of alkyl halides is 24. The summed E-state index contributed by atoms with van der Waals surface area (Å²) in [5, 5.41) is 0. The largest absolute Gasteiger partial charge is 0.416 e. The second-order valence-corrected chi connectivity index (χ2v) is 14.6. The second kappa shape index (κ2) is 22.0. The third-order valence-electron chi connectivity index (χ3n) is 9.77. The van der Waals surface area contributed by atoms with Crippen molar-refractivity contribution in [1.82, 2.24) is 0 Å². The summed E-state index contributed by atoms with van der Waals surface area (Å²) in [6.07, 6.45) is -39.3. The molecule has 0 amide bonds. The zero-order valence-corrected chi connectivity index (χ0v) is 35.0. The van der Waals surface area contributed by atoms with Gasteiger partial charge >= 0.3 is 49.4 Å². The molecule has 0 aliphatic heterocycles. The number of hydrogen-bond acceptors (Lipinski definition) is 0. The SMILES string of the molecule is FC(F)(F)c1cc([B-](c2cc(C(F)(F)F)cc(C(F)(F)F)c2)(c2cc(C(F)(F)F)cc(C(F)(F)F)c2)c2cc(C(F)(F)F)cc(C(F)(F)F)c2)cc(C(F)(F)F)c1.[CH2][CH][CH2].[CH]1[CH]CC[CH][CH]CC1.[Ni]. The Bertz CT molecular complexity index is 1850. The normalized spacial score (nSPS) is 14.9. The zero-order valence-electron chi connectivity index (χ0n) is 34.0. The molecule has 0 N–H and O–H groups in total. The Kier molecular flexibility index (Phi) is 19.4. The molecular formula is C43H29BF24Ni-. The van der Waals surface area contributed by atoms with Crippen LogP contribution in [-0.4, -0.2) is 6.15 Å². The maximum atomic E-state index is 14.2.